The second kappa shape index (κ2) is 11.4. The van der Waals surface area contributed by atoms with Gasteiger partial charge >= 0.3 is 0 Å². The second-order valence-electron chi connectivity index (χ2n) is 7.44. The Morgan fingerprint density at radius 3 is 2.89 bits per heavy atom. The summed E-state index contributed by atoms with van der Waals surface area (Å²) >= 11 is 0. The maximum Gasteiger partial charge on any atom is 0.193 e. The Morgan fingerprint density at radius 1 is 1.36 bits per heavy atom. The molecule has 1 saturated heterocycles. The maximum absolute atomic E-state index is 4.87. The predicted octanol–water partition coefficient (Wildman–Crippen LogP) is 2.85. The second-order valence-corrected chi connectivity index (χ2v) is 7.44. The van der Waals surface area contributed by atoms with Crippen molar-refractivity contribution in [1.29, 1.82) is 0 Å². The van der Waals surface area contributed by atoms with Crippen molar-refractivity contribution < 1.29 is 0 Å². The highest BCUT2D eigenvalue weighted by atomic mass is 127. The molecule has 28 heavy (non-hydrogen) atoms. The lowest BCUT2D eigenvalue weighted by molar-refractivity contribution is 0.459. The molecule has 1 aliphatic rings. The van der Waals surface area contributed by atoms with E-state index in [4.69, 9.17) is 4.99 Å². The number of nitrogens with zero attached hydrogens (tertiary/aromatic N) is 6. The first-order valence-corrected chi connectivity index (χ1v) is 10.1. The van der Waals surface area contributed by atoms with Crippen LogP contribution in [0.2, 0.25) is 0 Å². The van der Waals surface area contributed by atoms with Crippen LogP contribution in [0.5, 0.6) is 0 Å². The molecular formula is C20H34IN7. The number of aromatic nitrogens is 4. The first-order chi connectivity index (χ1) is 13.2. The average molecular weight is 499 g/mol. The van der Waals surface area contributed by atoms with Crippen molar-refractivity contribution in [1.82, 2.24) is 29.5 Å². The number of guanidine groups is 1. The van der Waals surface area contributed by atoms with E-state index in [0.29, 0.717) is 5.92 Å². The number of imidazole rings is 1. The zero-order chi connectivity index (χ0) is 19.1. The van der Waals surface area contributed by atoms with Crippen LogP contribution in [-0.4, -0.2) is 56.4 Å². The molecule has 0 bridgehead atoms. The van der Waals surface area contributed by atoms with Crippen molar-refractivity contribution in [3.63, 3.8) is 0 Å². The van der Waals surface area contributed by atoms with Gasteiger partial charge in [-0.25, -0.2) is 4.98 Å². The minimum absolute atomic E-state index is 0. The molecule has 2 aromatic rings. The maximum atomic E-state index is 4.87. The predicted molar refractivity (Wildman–Crippen MR) is 124 cm³/mol. The van der Waals surface area contributed by atoms with Gasteiger partial charge in [0.25, 0.3) is 0 Å². The Labute approximate surface area is 185 Å². The van der Waals surface area contributed by atoms with Crippen LogP contribution < -0.4 is 5.32 Å². The van der Waals surface area contributed by atoms with E-state index in [9.17, 15) is 0 Å². The van der Waals surface area contributed by atoms with Crippen LogP contribution in [0.1, 0.15) is 37.6 Å². The number of rotatable bonds is 8. The van der Waals surface area contributed by atoms with Crippen LogP contribution in [-0.2, 0) is 20.0 Å². The molecule has 2 aromatic heterocycles. The van der Waals surface area contributed by atoms with Gasteiger partial charge in [-0.3, -0.25) is 9.67 Å². The van der Waals surface area contributed by atoms with Crippen molar-refractivity contribution in [2.75, 3.05) is 26.2 Å². The summed E-state index contributed by atoms with van der Waals surface area (Å²) in [7, 11) is 1.98. The summed E-state index contributed by atoms with van der Waals surface area (Å²) in [4.78, 5) is 11.6. The number of halogens is 1. The molecule has 3 heterocycles. The number of hydrogen-bond donors (Lipinski definition) is 1. The number of hydrogen-bond acceptors (Lipinski definition) is 3. The lowest BCUT2D eigenvalue weighted by Gasteiger charge is -2.21. The quantitative estimate of drug-likeness (QED) is 0.263. The summed E-state index contributed by atoms with van der Waals surface area (Å²) in [5, 5.41) is 7.76. The molecule has 3 rings (SSSR count). The third-order valence-corrected chi connectivity index (χ3v) is 5.20. The number of unbranched alkanes of at least 4 members (excludes halogenated alkanes) is 1. The van der Waals surface area contributed by atoms with Gasteiger partial charge in [-0.15, -0.1) is 24.0 Å². The van der Waals surface area contributed by atoms with Crippen molar-refractivity contribution >= 4 is 29.9 Å². The van der Waals surface area contributed by atoms with E-state index in [1.165, 1.54) is 12.0 Å². The average Bonchev–Trinajstić information content (AvgIpc) is 3.37. The van der Waals surface area contributed by atoms with Gasteiger partial charge in [-0.1, -0.05) is 0 Å². The molecule has 1 unspecified atom stereocenters. The first-order valence-electron chi connectivity index (χ1n) is 10.1. The van der Waals surface area contributed by atoms with Gasteiger partial charge in [0.15, 0.2) is 5.96 Å². The van der Waals surface area contributed by atoms with Gasteiger partial charge in [0.2, 0.25) is 0 Å². The van der Waals surface area contributed by atoms with Gasteiger partial charge in [0, 0.05) is 58.4 Å². The zero-order valence-corrected chi connectivity index (χ0v) is 19.7. The highest BCUT2D eigenvalue weighted by Crippen LogP contribution is 2.20. The van der Waals surface area contributed by atoms with Crippen molar-refractivity contribution in [2.24, 2.45) is 18.0 Å². The van der Waals surface area contributed by atoms with Crippen LogP contribution in [0, 0.1) is 12.8 Å². The van der Waals surface area contributed by atoms with Gasteiger partial charge in [0.05, 0.1) is 6.20 Å². The molecule has 8 heteroatoms. The molecular weight excluding hydrogens is 465 g/mol. The summed E-state index contributed by atoms with van der Waals surface area (Å²) < 4.78 is 4.09. The molecule has 1 atom stereocenters. The fourth-order valence-corrected chi connectivity index (χ4v) is 3.75. The van der Waals surface area contributed by atoms with Crippen LogP contribution in [0.25, 0.3) is 0 Å². The van der Waals surface area contributed by atoms with Gasteiger partial charge in [0.1, 0.15) is 5.82 Å². The lowest BCUT2D eigenvalue weighted by Crippen LogP contribution is -2.40. The summed E-state index contributed by atoms with van der Waals surface area (Å²) in [5.41, 5.74) is 1.33. The monoisotopic (exact) mass is 499 g/mol. The minimum atomic E-state index is 0. The Morgan fingerprint density at radius 2 is 2.21 bits per heavy atom. The fourth-order valence-electron chi connectivity index (χ4n) is 3.75. The molecule has 1 N–H and O–H groups in total. The smallest absolute Gasteiger partial charge is 0.193 e. The highest BCUT2D eigenvalue weighted by molar-refractivity contribution is 14.0. The van der Waals surface area contributed by atoms with E-state index in [-0.39, 0.29) is 24.0 Å². The molecule has 0 saturated carbocycles. The van der Waals surface area contributed by atoms with Crippen LogP contribution in [0.3, 0.4) is 0 Å². The molecule has 156 valence electrons. The normalized spacial score (nSPS) is 17.0. The number of aliphatic imine (C=N–C) groups is 1. The van der Waals surface area contributed by atoms with Crippen LogP contribution in [0.15, 0.2) is 29.8 Å². The molecule has 0 radical (unpaired) electrons. The summed E-state index contributed by atoms with van der Waals surface area (Å²) in [6.45, 7) is 9.17. The summed E-state index contributed by atoms with van der Waals surface area (Å²) in [5.74, 6) is 2.84. The van der Waals surface area contributed by atoms with Crippen LogP contribution in [0.4, 0.5) is 0 Å². The summed E-state index contributed by atoms with van der Waals surface area (Å²) in [6, 6.07) is 0. The largest absolute Gasteiger partial charge is 0.357 e. The molecule has 0 aromatic carbocycles. The molecule has 0 spiro atoms. The number of aryl methyl sites for hydroxylation is 3. The van der Waals surface area contributed by atoms with E-state index in [1.54, 1.807) is 0 Å². The SMILES string of the molecule is CCNC(=NCCCCn1ccnc1C)N1CCC(Cc2cnn(C)c2)C1.I. The fraction of sp³-hybridized carbons (Fsp3) is 0.650. The Bertz CT molecular complexity index is 736. The standard InChI is InChI=1S/C20H33N7.HI/c1-4-21-20(23-8-5-6-10-26-12-9-22-17(26)2)27-11-7-18(16-27)13-19-14-24-25(3)15-19;/h9,12,14-15,18H,4-8,10-11,13,16H2,1-3H3,(H,21,23);1H. The van der Waals surface area contributed by atoms with E-state index >= 15 is 0 Å². The topological polar surface area (TPSA) is 63.3 Å². The van der Waals surface area contributed by atoms with E-state index < -0.39 is 0 Å². The third kappa shape index (κ3) is 6.49. The van der Waals surface area contributed by atoms with Gasteiger partial charge in [-0.2, -0.15) is 5.10 Å². The zero-order valence-electron chi connectivity index (χ0n) is 17.3. The Hall–Kier alpha value is -1.58. The Kier molecular flexibility index (Phi) is 9.27. The number of likely N-dealkylation sites (tertiary alicyclic amines) is 1. The van der Waals surface area contributed by atoms with Crippen LogP contribution >= 0.6 is 24.0 Å². The molecule has 0 aliphatic carbocycles. The van der Waals surface area contributed by atoms with Crippen molar-refractivity contribution in [2.45, 2.75) is 46.1 Å². The first kappa shape index (κ1) is 22.7. The van der Waals surface area contributed by atoms with E-state index in [0.717, 1.165) is 63.8 Å². The lowest BCUT2D eigenvalue weighted by atomic mass is 10.0. The molecule has 0 amide bonds. The van der Waals surface area contributed by atoms with Gasteiger partial charge in [-0.05, 0) is 51.0 Å². The molecule has 1 fully saturated rings. The molecule has 1 aliphatic heterocycles. The van der Waals surface area contributed by atoms with Gasteiger partial charge < -0.3 is 14.8 Å². The Balaban J connectivity index is 0.00000280. The minimum Gasteiger partial charge on any atom is -0.357 e. The van der Waals surface area contributed by atoms with Crippen molar-refractivity contribution in [3.8, 4) is 0 Å². The molecule has 7 nitrogen and oxygen atoms in total. The number of nitrogens with one attached hydrogen (secondary N) is 1. The van der Waals surface area contributed by atoms with E-state index in [1.807, 2.05) is 24.1 Å². The summed E-state index contributed by atoms with van der Waals surface area (Å²) in [6.07, 6.45) is 12.6. The third-order valence-electron chi connectivity index (χ3n) is 5.20. The van der Waals surface area contributed by atoms with E-state index in [2.05, 4.69) is 51.1 Å². The van der Waals surface area contributed by atoms with Crippen molar-refractivity contribution in [3.05, 3.63) is 36.2 Å². The highest BCUT2D eigenvalue weighted by Gasteiger charge is 2.25.